The molecule has 3 aliphatic rings. The van der Waals surface area contributed by atoms with E-state index in [4.69, 9.17) is 10.5 Å². The predicted molar refractivity (Wildman–Crippen MR) is 92.0 cm³/mol. The fourth-order valence-electron chi connectivity index (χ4n) is 3.42. The molecule has 1 atom stereocenters. The van der Waals surface area contributed by atoms with E-state index in [1.165, 1.54) is 12.1 Å². The number of hydrogen-bond donors (Lipinski definition) is 2. The Morgan fingerprint density at radius 1 is 1.08 bits per heavy atom. The van der Waals surface area contributed by atoms with E-state index in [1.54, 1.807) is 6.07 Å². The quantitative estimate of drug-likeness (QED) is 0.733. The Balaban J connectivity index is 0.00000196. The first-order valence-corrected chi connectivity index (χ1v) is 8.22. The van der Waals surface area contributed by atoms with Crippen LogP contribution in [0.25, 0.3) is 0 Å². The van der Waals surface area contributed by atoms with Gasteiger partial charge >= 0.3 is 0 Å². The first-order valence-electron chi connectivity index (χ1n) is 8.22. The number of carbonyl (C=O) groups excluding carboxylic acids is 4. The highest BCUT2D eigenvalue weighted by Crippen LogP contribution is 2.32. The fourth-order valence-corrected chi connectivity index (χ4v) is 3.42. The second kappa shape index (κ2) is 6.69. The van der Waals surface area contributed by atoms with E-state index in [1.807, 2.05) is 0 Å². The number of rotatable bonds is 3. The molecule has 138 valence electrons. The third kappa shape index (κ3) is 2.95. The number of ether oxygens (including phenoxy) is 1. The smallest absolute Gasteiger partial charge is 0.262 e. The zero-order chi connectivity index (χ0) is 17.7. The number of hydrogen-bond acceptors (Lipinski definition) is 6. The number of nitrogens with zero attached hydrogens (tertiary/aromatic N) is 1. The monoisotopic (exact) mass is 379 g/mol. The molecule has 1 unspecified atom stereocenters. The van der Waals surface area contributed by atoms with Gasteiger partial charge in [-0.2, -0.15) is 0 Å². The molecular weight excluding hydrogens is 362 g/mol. The van der Waals surface area contributed by atoms with Crippen molar-refractivity contribution in [2.45, 2.75) is 43.9 Å². The molecule has 9 heteroatoms. The topological polar surface area (TPSA) is 119 Å². The largest absolute Gasteiger partial charge is 0.490 e. The van der Waals surface area contributed by atoms with Crippen molar-refractivity contribution in [3.63, 3.8) is 0 Å². The van der Waals surface area contributed by atoms with Gasteiger partial charge in [-0.05, 0) is 37.5 Å². The molecule has 3 N–H and O–H groups in total. The summed E-state index contributed by atoms with van der Waals surface area (Å²) in [5.74, 6) is -1.57. The number of nitrogens with one attached hydrogen (secondary N) is 1. The van der Waals surface area contributed by atoms with Gasteiger partial charge in [-0.1, -0.05) is 0 Å². The number of nitrogens with two attached hydrogens (primary N) is 1. The van der Waals surface area contributed by atoms with Crippen molar-refractivity contribution < 1.29 is 23.9 Å². The average molecular weight is 380 g/mol. The minimum absolute atomic E-state index is 0. The Kier molecular flexibility index (Phi) is 4.72. The lowest BCUT2D eigenvalue weighted by Gasteiger charge is -2.32. The fraction of sp³-hybridized carbons (Fsp3) is 0.412. The standard InChI is InChI=1S/C17H17N3O5.ClH/c18-8-5-10(6-8)25-9-1-2-11-12(7-9)17(24)20(16(11)23)13-3-4-14(21)19-15(13)22;/h1-2,7-8,10,13H,3-6,18H2,(H,19,21,22);1H/t8-,10-,13?;. The molecule has 2 heterocycles. The van der Waals surface area contributed by atoms with E-state index in [9.17, 15) is 19.2 Å². The van der Waals surface area contributed by atoms with Crippen LogP contribution in [-0.4, -0.2) is 46.7 Å². The zero-order valence-corrected chi connectivity index (χ0v) is 14.6. The van der Waals surface area contributed by atoms with Gasteiger partial charge in [-0.3, -0.25) is 29.4 Å². The molecule has 1 aromatic carbocycles. The van der Waals surface area contributed by atoms with Gasteiger partial charge in [0.25, 0.3) is 11.8 Å². The first-order chi connectivity index (χ1) is 11.9. The number of amides is 4. The maximum atomic E-state index is 12.7. The van der Waals surface area contributed by atoms with Crippen LogP contribution in [0.4, 0.5) is 0 Å². The highest BCUT2D eigenvalue weighted by Gasteiger charge is 2.44. The third-order valence-corrected chi connectivity index (χ3v) is 4.85. The first kappa shape index (κ1) is 18.3. The van der Waals surface area contributed by atoms with Crippen molar-refractivity contribution >= 4 is 36.0 Å². The van der Waals surface area contributed by atoms with Crippen molar-refractivity contribution in [2.75, 3.05) is 0 Å². The van der Waals surface area contributed by atoms with Gasteiger partial charge in [-0.25, -0.2) is 0 Å². The highest BCUT2D eigenvalue weighted by atomic mass is 35.5. The van der Waals surface area contributed by atoms with E-state index in [2.05, 4.69) is 5.32 Å². The third-order valence-electron chi connectivity index (χ3n) is 4.85. The number of benzene rings is 1. The lowest BCUT2D eigenvalue weighted by Crippen LogP contribution is -2.54. The minimum Gasteiger partial charge on any atom is -0.490 e. The van der Waals surface area contributed by atoms with E-state index >= 15 is 0 Å². The van der Waals surface area contributed by atoms with Crippen molar-refractivity contribution in [3.05, 3.63) is 29.3 Å². The number of piperidine rings is 1. The van der Waals surface area contributed by atoms with Crippen molar-refractivity contribution in [1.29, 1.82) is 0 Å². The average Bonchev–Trinajstić information content (AvgIpc) is 2.78. The lowest BCUT2D eigenvalue weighted by atomic mass is 9.90. The molecular formula is C17H18ClN3O5. The van der Waals surface area contributed by atoms with Crippen LogP contribution in [0, 0.1) is 0 Å². The molecule has 4 amide bonds. The van der Waals surface area contributed by atoms with Crippen LogP contribution in [0.15, 0.2) is 18.2 Å². The molecule has 2 fully saturated rings. The predicted octanol–water partition coefficient (Wildman–Crippen LogP) is 0.378. The van der Waals surface area contributed by atoms with Crippen LogP contribution >= 0.6 is 12.4 Å². The summed E-state index contributed by atoms with van der Waals surface area (Å²) >= 11 is 0. The van der Waals surface area contributed by atoms with Crippen LogP contribution < -0.4 is 15.8 Å². The maximum absolute atomic E-state index is 12.7. The Morgan fingerprint density at radius 3 is 2.42 bits per heavy atom. The maximum Gasteiger partial charge on any atom is 0.262 e. The Hall–Kier alpha value is -2.45. The van der Waals surface area contributed by atoms with Crippen LogP contribution in [-0.2, 0) is 9.59 Å². The minimum atomic E-state index is -0.959. The molecule has 0 bridgehead atoms. The highest BCUT2D eigenvalue weighted by molar-refractivity contribution is 6.23. The van der Waals surface area contributed by atoms with Gasteiger partial charge in [0, 0.05) is 12.5 Å². The molecule has 0 aromatic heterocycles. The van der Waals surface area contributed by atoms with Crippen molar-refractivity contribution in [3.8, 4) is 5.75 Å². The number of fused-ring (bicyclic) bond motifs is 1. The van der Waals surface area contributed by atoms with Crippen LogP contribution in [0.5, 0.6) is 5.75 Å². The van der Waals surface area contributed by atoms with E-state index < -0.39 is 29.7 Å². The summed E-state index contributed by atoms with van der Waals surface area (Å²) in [6.07, 6.45) is 1.77. The van der Waals surface area contributed by atoms with E-state index in [0.29, 0.717) is 5.75 Å². The molecule has 8 nitrogen and oxygen atoms in total. The second-order valence-corrected chi connectivity index (χ2v) is 6.63. The van der Waals surface area contributed by atoms with Gasteiger partial charge in [0.2, 0.25) is 11.8 Å². The second-order valence-electron chi connectivity index (χ2n) is 6.63. The van der Waals surface area contributed by atoms with Gasteiger partial charge in [-0.15, -0.1) is 12.4 Å². The van der Waals surface area contributed by atoms with Crippen LogP contribution in [0.3, 0.4) is 0 Å². The normalized spacial score (nSPS) is 27.4. The molecule has 1 aromatic rings. The Bertz CT molecular complexity index is 806. The van der Waals surface area contributed by atoms with Crippen LogP contribution in [0.2, 0.25) is 0 Å². The van der Waals surface area contributed by atoms with Crippen LogP contribution in [0.1, 0.15) is 46.4 Å². The Morgan fingerprint density at radius 2 is 1.77 bits per heavy atom. The summed E-state index contributed by atoms with van der Waals surface area (Å²) in [4.78, 5) is 49.5. The van der Waals surface area contributed by atoms with E-state index in [0.717, 1.165) is 17.7 Å². The summed E-state index contributed by atoms with van der Waals surface area (Å²) in [6.45, 7) is 0. The SMILES string of the molecule is Cl.N[C@H]1C[C@H](Oc2ccc3c(c2)C(=O)N(C2CCC(=O)NC2=O)C3=O)C1. The van der Waals surface area contributed by atoms with Gasteiger partial charge in [0.15, 0.2) is 0 Å². The lowest BCUT2D eigenvalue weighted by molar-refractivity contribution is -0.136. The Labute approximate surface area is 155 Å². The van der Waals surface area contributed by atoms with E-state index in [-0.39, 0.29) is 48.5 Å². The number of halogens is 1. The number of imide groups is 2. The van der Waals surface area contributed by atoms with Gasteiger partial charge < -0.3 is 10.5 Å². The molecule has 1 saturated carbocycles. The van der Waals surface area contributed by atoms with Gasteiger partial charge in [0.1, 0.15) is 17.9 Å². The summed E-state index contributed by atoms with van der Waals surface area (Å²) < 4.78 is 5.76. The summed E-state index contributed by atoms with van der Waals surface area (Å²) in [5, 5.41) is 2.17. The molecule has 4 rings (SSSR count). The summed E-state index contributed by atoms with van der Waals surface area (Å²) in [6, 6.07) is 3.90. The molecule has 0 spiro atoms. The molecule has 2 aliphatic heterocycles. The summed E-state index contributed by atoms with van der Waals surface area (Å²) in [5.41, 5.74) is 6.19. The summed E-state index contributed by atoms with van der Waals surface area (Å²) in [7, 11) is 0. The van der Waals surface area contributed by atoms with Crippen molar-refractivity contribution in [2.24, 2.45) is 5.73 Å². The van der Waals surface area contributed by atoms with Gasteiger partial charge in [0.05, 0.1) is 11.1 Å². The van der Waals surface area contributed by atoms with Crippen molar-refractivity contribution in [1.82, 2.24) is 10.2 Å². The molecule has 26 heavy (non-hydrogen) atoms. The number of carbonyl (C=O) groups is 4. The molecule has 0 radical (unpaired) electrons. The zero-order valence-electron chi connectivity index (χ0n) is 13.8. The molecule has 1 saturated heterocycles. The molecule has 1 aliphatic carbocycles.